The smallest absolute Gasteiger partial charge is 0.0541 e. The molecule has 0 amide bonds. The average molecular weight is 1360 g/mol. The van der Waals surface area contributed by atoms with Crippen molar-refractivity contribution in [3.63, 3.8) is 0 Å². The topological polar surface area (TPSA) is 43.6 Å². The van der Waals surface area contributed by atoms with Crippen LogP contribution in [-0.4, -0.2) is 19.5 Å². The number of aromatic nitrogens is 4. The molecule has 12 aromatic rings. The Balaban J connectivity index is 0.00000344. The molecule has 4 heterocycles. The molecule has 12 rings (SSSR count). The Morgan fingerprint density at radius 1 is 0.397 bits per heavy atom. The zero-order valence-electron chi connectivity index (χ0n) is 45.1. The standard InChI is InChI=1S/C72H58N4.2Ir/c1-45-39-66(75-44-64(45)50-21-11-9-12-22-50)52-31-34-57(62(41-52)51-33-36-69-63(40-51)59-27-19-20-30-68(59)76(69)55-23-13-10-14-24-55)56-25-15-17-28-60(56)70-46(2)48(4)71(49(5)47(70)3)61-29-18-16-26-58(61)65-35-32-53(43-74-65)67-42-54(37-38-73-67)72(6,7)8;;/h9-30,33-44H,1-8H3;;/q-2;;. The van der Waals surface area contributed by atoms with E-state index in [1.54, 1.807) is 0 Å². The first-order chi connectivity index (χ1) is 36.9. The van der Waals surface area contributed by atoms with Gasteiger partial charge in [-0.2, -0.15) is 0 Å². The molecule has 0 bridgehead atoms. The van der Waals surface area contributed by atoms with Gasteiger partial charge in [-0.15, -0.1) is 41.5 Å². The summed E-state index contributed by atoms with van der Waals surface area (Å²) in [4.78, 5) is 14.9. The van der Waals surface area contributed by atoms with Crippen molar-refractivity contribution in [2.45, 2.75) is 60.8 Å². The van der Waals surface area contributed by atoms with E-state index in [9.17, 15) is 0 Å². The molecule has 0 spiro atoms. The van der Waals surface area contributed by atoms with Crippen LogP contribution < -0.4 is 0 Å². The van der Waals surface area contributed by atoms with E-state index in [0.717, 1.165) is 78.4 Å². The quantitative estimate of drug-likeness (QED) is 0.135. The predicted octanol–water partition coefficient (Wildman–Crippen LogP) is 18.7. The molecule has 386 valence electrons. The van der Waals surface area contributed by atoms with E-state index in [-0.39, 0.29) is 45.6 Å². The normalized spacial score (nSPS) is 11.4. The van der Waals surface area contributed by atoms with Crippen molar-refractivity contribution in [2.24, 2.45) is 0 Å². The summed E-state index contributed by atoms with van der Waals surface area (Å²) in [5, 5.41) is 2.41. The first kappa shape index (κ1) is 53.7. The van der Waals surface area contributed by atoms with E-state index in [0.29, 0.717) is 0 Å². The maximum absolute atomic E-state index is 5.10. The Hall–Kier alpha value is -7.69. The van der Waals surface area contributed by atoms with Crippen LogP contribution in [0.3, 0.4) is 0 Å². The van der Waals surface area contributed by atoms with Gasteiger partial charge in [-0.1, -0.05) is 177 Å². The van der Waals surface area contributed by atoms with Gasteiger partial charge in [0.2, 0.25) is 0 Å². The van der Waals surface area contributed by atoms with Gasteiger partial charge in [0.15, 0.2) is 0 Å². The Morgan fingerprint density at radius 3 is 1.62 bits per heavy atom. The van der Waals surface area contributed by atoms with E-state index in [1.807, 2.05) is 24.7 Å². The molecule has 0 saturated heterocycles. The second-order valence-corrected chi connectivity index (χ2v) is 21.2. The Labute approximate surface area is 486 Å². The molecular formula is C72H58Ir2N4-2. The first-order valence-corrected chi connectivity index (χ1v) is 26.2. The van der Waals surface area contributed by atoms with Crippen LogP contribution >= 0.6 is 0 Å². The van der Waals surface area contributed by atoms with E-state index >= 15 is 0 Å². The zero-order chi connectivity index (χ0) is 52.2. The third-order valence-corrected chi connectivity index (χ3v) is 15.6. The Kier molecular flexibility index (Phi) is 15.1. The van der Waals surface area contributed by atoms with Gasteiger partial charge in [0.25, 0.3) is 0 Å². The fourth-order valence-corrected chi connectivity index (χ4v) is 11.4. The van der Waals surface area contributed by atoms with Crippen molar-refractivity contribution in [3.8, 4) is 95.1 Å². The molecule has 8 aromatic carbocycles. The minimum atomic E-state index is 0. The van der Waals surface area contributed by atoms with E-state index in [4.69, 9.17) is 15.0 Å². The number of rotatable bonds is 9. The maximum Gasteiger partial charge on any atom is 0.0541 e. The van der Waals surface area contributed by atoms with Crippen molar-refractivity contribution in [1.82, 2.24) is 19.5 Å². The average Bonchev–Trinajstić information content (AvgIpc) is 3.95. The van der Waals surface area contributed by atoms with Crippen molar-refractivity contribution in [2.75, 3.05) is 0 Å². The van der Waals surface area contributed by atoms with Crippen LogP contribution in [0.1, 0.15) is 54.2 Å². The molecule has 0 aliphatic carbocycles. The van der Waals surface area contributed by atoms with Gasteiger partial charge >= 0.3 is 0 Å². The number of hydrogen-bond donors (Lipinski definition) is 0. The van der Waals surface area contributed by atoms with Gasteiger partial charge < -0.3 is 19.5 Å². The SMILES string of the molecule is Cc1cc(-c2[c-]cc(-c3ccccc3-c3c(C)c(C)c(-c4ccccc4-c4c[c-]c(-c5cc(C(C)(C)C)ccn5)cn4)c(C)c3C)c(-c3ccc4c(c3)c3ccccc3n4-c3ccccc3)c2)ncc1-c1ccccc1.[Ir].[Ir]. The van der Waals surface area contributed by atoms with E-state index in [1.165, 1.54) is 71.9 Å². The molecular weight excluding hydrogens is 1310 g/mol. The summed E-state index contributed by atoms with van der Waals surface area (Å²) in [5.41, 5.74) is 28.0. The third kappa shape index (κ3) is 9.73. The molecule has 0 N–H and O–H groups in total. The summed E-state index contributed by atoms with van der Waals surface area (Å²) in [5.74, 6) is 0. The Morgan fingerprint density at radius 2 is 0.962 bits per heavy atom. The van der Waals surface area contributed by atoms with Gasteiger partial charge in [0, 0.05) is 74.6 Å². The van der Waals surface area contributed by atoms with Crippen LogP contribution in [0.5, 0.6) is 0 Å². The zero-order valence-corrected chi connectivity index (χ0v) is 49.9. The molecule has 6 heteroatoms. The first-order valence-electron chi connectivity index (χ1n) is 26.2. The van der Waals surface area contributed by atoms with Gasteiger partial charge in [-0.05, 0) is 166 Å². The molecule has 0 fully saturated rings. The number of nitrogens with zero attached hydrogens (tertiary/aromatic N) is 4. The fourth-order valence-electron chi connectivity index (χ4n) is 11.4. The van der Waals surface area contributed by atoms with Crippen molar-refractivity contribution >= 4 is 21.8 Å². The van der Waals surface area contributed by atoms with Gasteiger partial charge in [-0.3, -0.25) is 0 Å². The summed E-state index contributed by atoms with van der Waals surface area (Å²) >= 11 is 0. The summed E-state index contributed by atoms with van der Waals surface area (Å²) in [6.07, 6.45) is 5.81. The molecule has 78 heavy (non-hydrogen) atoms. The van der Waals surface area contributed by atoms with Crippen molar-refractivity contribution < 1.29 is 40.2 Å². The molecule has 2 radical (unpaired) electrons. The second-order valence-electron chi connectivity index (χ2n) is 21.2. The predicted molar refractivity (Wildman–Crippen MR) is 318 cm³/mol. The Bertz CT molecular complexity index is 4160. The van der Waals surface area contributed by atoms with E-state index < -0.39 is 0 Å². The molecule has 4 nitrogen and oxygen atoms in total. The number of benzene rings is 8. The summed E-state index contributed by atoms with van der Waals surface area (Å²) in [6.45, 7) is 18.0. The summed E-state index contributed by atoms with van der Waals surface area (Å²) in [7, 11) is 0. The molecule has 0 aliphatic heterocycles. The molecule has 0 saturated carbocycles. The van der Waals surface area contributed by atoms with Crippen LogP contribution in [0.2, 0.25) is 0 Å². The van der Waals surface area contributed by atoms with Crippen molar-refractivity contribution in [1.29, 1.82) is 0 Å². The largest absolute Gasteiger partial charge is 0.352 e. The van der Waals surface area contributed by atoms with Crippen LogP contribution in [0, 0.1) is 46.8 Å². The number of para-hydroxylation sites is 2. The number of hydrogen-bond acceptors (Lipinski definition) is 3. The van der Waals surface area contributed by atoms with E-state index in [2.05, 4.69) is 254 Å². The number of aryl methyl sites for hydroxylation is 1. The molecule has 4 aromatic heterocycles. The maximum atomic E-state index is 5.10. The van der Waals surface area contributed by atoms with Crippen LogP contribution in [0.25, 0.3) is 117 Å². The minimum absolute atomic E-state index is 0. The summed E-state index contributed by atoms with van der Waals surface area (Å²) < 4.78 is 2.38. The van der Waals surface area contributed by atoms with Crippen LogP contribution in [-0.2, 0) is 45.6 Å². The third-order valence-electron chi connectivity index (χ3n) is 15.6. The second kappa shape index (κ2) is 22.0. The van der Waals surface area contributed by atoms with Crippen LogP contribution in [0.4, 0.5) is 0 Å². The molecule has 0 atom stereocenters. The molecule has 0 aliphatic rings. The summed E-state index contributed by atoms with van der Waals surface area (Å²) in [6, 6.07) is 74.8. The van der Waals surface area contributed by atoms with Gasteiger partial charge in [0.05, 0.1) is 11.0 Å². The van der Waals surface area contributed by atoms with Gasteiger partial charge in [-0.25, -0.2) is 0 Å². The van der Waals surface area contributed by atoms with Crippen LogP contribution in [0.15, 0.2) is 207 Å². The molecule has 0 unspecified atom stereocenters. The number of fused-ring (bicyclic) bond motifs is 3. The van der Waals surface area contributed by atoms with Crippen molar-refractivity contribution in [3.05, 3.63) is 252 Å². The monoisotopic (exact) mass is 1360 g/mol. The minimum Gasteiger partial charge on any atom is -0.352 e. The fraction of sp³-hybridized carbons (Fsp3) is 0.125. The van der Waals surface area contributed by atoms with Gasteiger partial charge in [0.1, 0.15) is 0 Å². The number of pyridine rings is 3.